The number of aliphatic imine (C=N–C) groups is 1. The SMILES string of the molecule is CCNC(=NCCc1cccs1)N1CCC(COCc2ccccc2)C1.I. The fourth-order valence-electron chi connectivity index (χ4n) is 3.23. The topological polar surface area (TPSA) is 36.9 Å². The van der Waals surface area contributed by atoms with E-state index in [1.54, 1.807) is 0 Å². The molecule has 1 N–H and O–H groups in total. The van der Waals surface area contributed by atoms with Crippen molar-refractivity contribution in [3.8, 4) is 0 Å². The van der Waals surface area contributed by atoms with E-state index in [0.717, 1.165) is 45.2 Å². The summed E-state index contributed by atoms with van der Waals surface area (Å²) in [5.74, 6) is 1.63. The molecule has 1 fully saturated rings. The van der Waals surface area contributed by atoms with Crippen molar-refractivity contribution in [2.24, 2.45) is 10.9 Å². The summed E-state index contributed by atoms with van der Waals surface area (Å²) in [5, 5.41) is 5.58. The van der Waals surface area contributed by atoms with Crippen LogP contribution in [0.25, 0.3) is 0 Å². The monoisotopic (exact) mass is 499 g/mol. The number of benzene rings is 1. The molecule has 1 aliphatic heterocycles. The Balaban J connectivity index is 0.00000261. The molecule has 0 radical (unpaired) electrons. The molecule has 6 heteroatoms. The molecule has 4 nitrogen and oxygen atoms in total. The number of hydrogen-bond acceptors (Lipinski definition) is 3. The van der Waals surface area contributed by atoms with Crippen LogP contribution in [-0.2, 0) is 17.8 Å². The molecular weight excluding hydrogens is 469 g/mol. The van der Waals surface area contributed by atoms with Gasteiger partial charge in [0.2, 0.25) is 0 Å². The number of rotatable bonds is 8. The van der Waals surface area contributed by atoms with E-state index < -0.39 is 0 Å². The lowest BCUT2D eigenvalue weighted by molar-refractivity contribution is 0.0907. The minimum atomic E-state index is 0. The fourth-order valence-corrected chi connectivity index (χ4v) is 3.93. The Bertz CT molecular complexity index is 663. The van der Waals surface area contributed by atoms with Gasteiger partial charge in [0.1, 0.15) is 0 Å². The predicted octanol–water partition coefficient (Wildman–Crippen LogP) is 4.41. The largest absolute Gasteiger partial charge is 0.376 e. The molecule has 0 spiro atoms. The highest BCUT2D eigenvalue weighted by molar-refractivity contribution is 14.0. The molecule has 27 heavy (non-hydrogen) atoms. The van der Waals surface area contributed by atoms with E-state index >= 15 is 0 Å². The van der Waals surface area contributed by atoms with Crippen molar-refractivity contribution in [1.82, 2.24) is 10.2 Å². The molecule has 3 rings (SSSR count). The molecule has 148 valence electrons. The number of likely N-dealkylation sites (tertiary alicyclic amines) is 1. The first-order valence-corrected chi connectivity index (χ1v) is 10.4. The van der Waals surface area contributed by atoms with E-state index in [1.807, 2.05) is 17.4 Å². The molecular formula is C21H30IN3OS. The standard InChI is InChI=1S/C21H29N3OS.HI/c1-2-22-21(23-12-10-20-9-6-14-26-20)24-13-11-19(15-24)17-25-16-18-7-4-3-5-8-18;/h3-9,14,19H,2,10-13,15-17H2,1H3,(H,22,23);1H. The zero-order valence-corrected chi connectivity index (χ0v) is 19.1. The van der Waals surface area contributed by atoms with Crippen LogP contribution in [0.3, 0.4) is 0 Å². The summed E-state index contributed by atoms with van der Waals surface area (Å²) in [6.07, 6.45) is 2.19. The van der Waals surface area contributed by atoms with Crippen molar-refractivity contribution in [2.45, 2.75) is 26.4 Å². The Labute approximate surface area is 184 Å². The van der Waals surface area contributed by atoms with Gasteiger partial charge >= 0.3 is 0 Å². The van der Waals surface area contributed by atoms with Crippen LogP contribution < -0.4 is 5.32 Å². The Kier molecular flexibility index (Phi) is 10.2. The first-order valence-electron chi connectivity index (χ1n) is 9.52. The maximum absolute atomic E-state index is 5.94. The van der Waals surface area contributed by atoms with Crippen LogP contribution in [0.15, 0.2) is 52.8 Å². The van der Waals surface area contributed by atoms with Crippen molar-refractivity contribution in [1.29, 1.82) is 0 Å². The van der Waals surface area contributed by atoms with Gasteiger partial charge in [0.05, 0.1) is 13.2 Å². The lowest BCUT2D eigenvalue weighted by Crippen LogP contribution is -2.40. The number of nitrogens with zero attached hydrogens (tertiary/aromatic N) is 2. The van der Waals surface area contributed by atoms with Crippen molar-refractivity contribution in [3.63, 3.8) is 0 Å². The van der Waals surface area contributed by atoms with Crippen molar-refractivity contribution in [2.75, 3.05) is 32.8 Å². The van der Waals surface area contributed by atoms with E-state index in [0.29, 0.717) is 12.5 Å². The Morgan fingerprint density at radius 2 is 2.11 bits per heavy atom. The fraction of sp³-hybridized carbons (Fsp3) is 0.476. The van der Waals surface area contributed by atoms with Crippen LogP contribution in [0, 0.1) is 5.92 Å². The van der Waals surface area contributed by atoms with Gasteiger partial charge in [-0.2, -0.15) is 0 Å². The van der Waals surface area contributed by atoms with Crippen LogP contribution in [0.2, 0.25) is 0 Å². The highest BCUT2D eigenvalue weighted by Gasteiger charge is 2.24. The third-order valence-electron chi connectivity index (χ3n) is 4.59. The second-order valence-corrected chi connectivity index (χ2v) is 7.70. The molecule has 2 aromatic rings. The molecule has 1 atom stereocenters. The van der Waals surface area contributed by atoms with Crippen molar-refractivity contribution in [3.05, 3.63) is 58.3 Å². The molecule has 0 amide bonds. The number of hydrogen-bond donors (Lipinski definition) is 1. The van der Waals surface area contributed by atoms with E-state index in [1.165, 1.54) is 16.9 Å². The van der Waals surface area contributed by atoms with Crippen LogP contribution >= 0.6 is 35.3 Å². The third kappa shape index (κ3) is 7.43. The molecule has 2 heterocycles. The molecule has 0 saturated carbocycles. The summed E-state index contributed by atoms with van der Waals surface area (Å²) in [6, 6.07) is 14.7. The van der Waals surface area contributed by atoms with Crippen LogP contribution in [0.1, 0.15) is 23.8 Å². The van der Waals surface area contributed by atoms with Gasteiger partial charge in [0.15, 0.2) is 5.96 Å². The Morgan fingerprint density at radius 1 is 1.26 bits per heavy atom. The molecule has 1 aromatic heterocycles. The van der Waals surface area contributed by atoms with Gasteiger partial charge in [-0.05, 0) is 30.4 Å². The second-order valence-electron chi connectivity index (χ2n) is 6.67. The Hall–Kier alpha value is -1.12. The highest BCUT2D eigenvalue weighted by Crippen LogP contribution is 2.17. The van der Waals surface area contributed by atoms with Gasteiger partial charge in [-0.25, -0.2) is 0 Å². The smallest absolute Gasteiger partial charge is 0.193 e. The number of halogens is 1. The minimum Gasteiger partial charge on any atom is -0.376 e. The third-order valence-corrected chi connectivity index (χ3v) is 5.52. The maximum atomic E-state index is 5.94. The molecule has 1 aromatic carbocycles. The highest BCUT2D eigenvalue weighted by atomic mass is 127. The summed E-state index contributed by atoms with van der Waals surface area (Å²) in [5.41, 5.74) is 1.24. The zero-order valence-electron chi connectivity index (χ0n) is 16.0. The first-order chi connectivity index (χ1) is 12.8. The first kappa shape index (κ1) is 22.2. The zero-order chi connectivity index (χ0) is 18.0. The van der Waals surface area contributed by atoms with Crippen LogP contribution in [-0.4, -0.2) is 43.6 Å². The minimum absolute atomic E-state index is 0. The Morgan fingerprint density at radius 3 is 2.85 bits per heavy atom. The quantitative estimate of drug-likeness (QED) is 0.332. The predicted molar refractivity (Wildman–Crippen MR) is 125 cm³/mol. The number of nitrogens with one attached hydrogen (secondary N) is 1. The van der Waals surface area contributed by atoms with Crippen molar-refractivity contribution < 1.29 is 4.74 Å². The maximum Gasteiger partial charge on any atom is 0.193 e. The van der Waals surface area contributed by atoms with Gasteiger partial charge < -0.3 is 15.0 Å². The lowest BCUT2D eigenvalue weighted by atomic mass is 10.1. The van der Waals surface area contributed by atoms with E-state index in [9.17, 15) is 0 Å². The van der Waals surface area contributed by atoms with Crippen LogP contribution in [0.4, 0.5) is 0 Å². The van der Waals surface area contributed by atoms with E-state index in [2.05, 4.69) is 58.9 Å². The van der Waals surface area contributed by atoms with Crippen molar-refractivity contribution >= 4 is 41.3 Å². The summed E-state index contributed by atoms with van der Waals surface area (Å²) >= 11 is 1.81. The molecule has 1 saturated heterocycles. The van der Waals surface area contributed by atoms with E-state index in [-0.39, 0.29) is 24.0 Å². The van der Waals surface area contributed by atoms with Gasteiger partial charge in [-0.15, -0.1) is 35.3 Å². The number of guanidine groups is 1. The normalized spacial score (nSPS) is 17.0. The van der Waals surface area contributed by atoms with Gasteiger partial charge in [0.25, 0.3) is 0 Å². The summed E-state index contributed by atoms with van der Waals surface area (Å²) in [6.45, 7) is 7.49. The molecule has 0 bridgehead atoms. The van der Waals surface area contributed by atoms with Crippen LogP contribution in [0.5, 0.6) is 0 Å². The average Bonchev–Trinajstić information content (AvgIpc) is 3.34. The second kappa shape index (κ2) is 12.4. The van der Waals surface area contributed by atoms with Gasteiger partial charge in [-0.3, -0.25) is 4.99 Å². The molecule has 1 unspecified atom stereocenters. The van der Waals surface area contributed by atoms with Gasteiger partial charge in [0, 0.05) is 43.4 Å². The summed E-state index contributed by atoms with van der Waals surface area (Å²) in [7, 11) is 0. The van der Waals surface area contributed by atoms with E-state index in [4.69, 9.17) is 9.73 Å². The number of thiophene rings is 1. The average molecular weight is 499 g/mol. The molecule has 0 aliphatic carbocycles. The number of ether oxygens (including phenoxy) is 1. The molecule has 1 aliphatic rings. The summed E-state index contributed by atoms with van der Waals surface area (Å²) in [4.78, 5) is 8.61. The lowest BCUT2D eigenvalue weighted by Gasteiger charge is -2.21. The van der Waals surface area contributed by atoms with Gasteiger partial charge in [-0.1, -0.05) is 36.4 Å². The summed E-state index contributed by atoms with van der Waals surface area (Å²) < 4.78 is 5.94.